The predicted molar refractivity (Wildman–Crippen MR) is 116 cm³/mol. The molecule has 4 rings (SSSR count). The van der Waals surface area contributed by atoms with E-state index in [0.717, 1.165) is 43.2 Å². The summed E-state index contributed by atoms with van der Waals surface area (Å²) in [4.78, 5) is 52.3. The normalized spacial score (nSPS) is 25.9. The first kappa shape index (κ1) is 22.4. The minimum atomic E-state index is -1.06. The smallest absolute Gasteiger partial charge is 0.262 e. The molecule has 8 nitrogen and oxygen atoms in total. The van der Waals surface area contributed by atoms with Crippen LogP contribution in [0.4, 0.5) is 10.1 Å². The van der Waals surface area contributed by atoms with Crippen LogP contribution in [0.1, 0.15) is 59.2 Å². The van der Waals surface area contributed by atoms with Crippen LogP contribution >= 0.6 is 0 Å². The van der Waals surface area contributed by atoms with Crippen molar-refractivity contribution in [3.05, 3.63) is 29.1 Å². The SMILES string of the molecule is CN(C)CC1CCC(CNc2cc3c(cc2F)C(=O)N(C2CCC(=O)NC2=O)C3=O)CC1. The lowest BCUT2D eigenvalue weighted by Crippen LogP contribution is -2.54. The van der Waals surface area contributed by atoms with Crippen molar-refractivity contribution in [3.63, 3.8) is 0 Å². The van der Waals surface area contributed by atoms with Crippen LogP contribution in [0.15, 0.2) is 12.1 Å². The van der Waals surface area contributed by atoms with E-state index in [0.29, 0.717) is 18.4 Å². The van der Waals surface area contributed by atoms with Crippen LogP contribution in [-0.2, 0) is 9.59 Å². The molecule has 0 aromatic heterocycles. The number of carbonyl (C=O) groups is 4. The highest BCUT2D eigenvalue weighted by molar-refractivity contribution is 6.23. The van der Waals surface area contributed by atoms with Gasteiger partial charge < -0.3 is 10.2 Å². The fourth-order valence-corrected chi connectivity index (χ4v) is 5.01. The maximum atomic E-state index is 14.7. The number of amides is 4. The van der Waals surface area contributed by atoms with Crippen LogP contribution in [-0.4, -0.2) is 66.7 Å². The monoisotopic (exact) mass is 444 g/mol. The van der Waals surface area contributed by atoms with Gasteiger partial charge in [-0.05, 0) is 70.2 Å². The van der Waals surface area contributed by atoms with Crippen LogP contribution in [0.3, 0.4) is 0 Å². The Kier molecular flexibility index (Phi) is 6.28. The van der Waals surface area contributed by atoms with Crippen molar-refractivity contribution in [1.29, 1.82) is 0 Å². The van der Waals surface area contributed by atoms with E-state index >= 15 is 0 Å². The van der Waals surface area contributed by atoms with Gasteiger partial charge in [-0.3, -0.25) is 29.4 Å². The highest BCUT2D eigenvalue weighted by Gasteiger charge is 2.45. The van der Waals surface area contributed by atoms with Crippen molar-refractivity contribution < 1.29 is 23.6 Å². The van der Waals surface area contributed by atoms with E-state index < -0.39 is 35.5 Å². The van der Waals surface area contributed by atoms with E-state index in [4.69, 9.17) is 0 Å². The molecule has 0 bridgehead atoms. The lowest BCUT2D eigenvalue weighted by Gasteiger charge is -2.30. The number of benzene rings is 1. The summed E-state index contributed by atoms with van der Waals surface area (Å²) in [5, 5.41) is 5.27. The number of imide groups is 2. The summed E-state index contributed by atoms with van der Waals surface area (Å²) in [6, 6.07) is 1.38. The molecule has 2 fully saturated rings. The van der Waals surface area contributed by atoms with Crippen molar-refractivity contribution in [2.45, 2.75) is 44.6 Å². The van der Waals surface area contributed by atoms with Crippen LogP contribution in [0, 0.1) is 17.7 Å². The zero-order chi connectivity index (χ0) is 23.0. The van der Waals surface area contributed by atoms with Gasteiger partial charge in [0.15, 0.2) is 0 Å². The Morgan fingerprint density at radius 2 is 1.62 bits per heavy atom. The number of anilines is 1. The third kappa shape index (κ3) is 4.39. The molecule has 1 unspecified atom stereocenters. The molecule has 2 N–H and O–H groups in total. The Bertz CT molecular complexity index is 956. The van der Waals surface area contributed by atoms with E-state index in [-0.39, 0.29) is 29.7 Å². The second kappa shape index (κ2) is 8.97. The number of halogens is 1. The van der Waals surface area contributed by atoms with Gasteiger partial charge in [0, 0.05) is 19.5 Å². The van der Waals surface area contributed by atoms with E-state index in [1.165, 1.54) is 6.07 Å². The van der Waals surface area contributed by atoms with Crippen molar-refractivity contribution in [3.8, 4) is 0 Å². The van der Waals surface area contributed by atoms with Gasteiger partial charge in [-0.25, -0.2) is 4.39 Å². The topological polar surface area (TPSA) is 98.8 Å². The number of nitrogens with zero attached hydrogens (tertiary/aromatic N) is 2. The highest BCUT2D eigenvalue weighted by atomic mass is 19.1. The van der Waals surface area contributed by atoms with Gasteiger partial charge in [0.1, 0.15) is 11.9 Å². The number of rotatable bonds is 6. The fraction of sp³-hybridized carbons (Fsp3) is 0.565. The number of carbonyl (C=O) groups excluding carboxylic acids is 4. The zero-order valence-electron chi connectivity index (χ0n) is 18.4. The largest absolute Gasteiger partial charge is 0.382 e. The molecule has 1 aromatic rings. The third-order valence-electron chi connectivity index (χ3n) is 6.70. The van der Waals surface area contributed by atoms with Crippen molar-refractivity contribution in [2.75, 3.05) is 32.5 Å². The first-order valence-corrected chi connectivity index (χ1v) is 11.2. The number of hydrogen-bond donors (Lipinski definition) is 2. The lowest BCUT2D eigenvalue weighted by atomic mass is 9.82. The van der Waals surface area contributed by atoms with Crippen LogP contribution in [0.25, 0.3) is 0 Å². The number of hydrogen-bond acceptors (Lipinski definition) is 6. The summed E-state index contributed by atoms with van der Waals surface area (Å²) in [7, 11) is 4.16. The Morgan fingerprint density at radius 1 is 1.00 bits per heavy atom. The molecule has 1 aliphatic carbocycles. The average molecular weight is 445 g/mol. The summed E-state index contributed by atoms with van der Waals surface area (Å²) < 4.78 is 14.7. The van der Waals surface area contributed by atoms with Gasteiger partial charge in [-0.15, -0.1) is 0 Å². The third-order valence-corrected chi connectivity index (χ3v) is 6.70. The molecule has 0 spiro atoms. The highest BCUT2D eigenvalue weighted by Crippen LogP contribution is 2.33. The summed E-state index contributed by atoms with van der Waals surface area (Å²) in [6.07, 6.45) is 4.54. The second-order valence-corrected chi connectivity index (χ2v) is 9.35. The van der Waals surface area contributed by atoms with Crippen LogP contribution in [0.2, 0.25) is 0 Å². The predicted octanol–water partition coefficient (Wildman–Crippen LogP) is 2.01. The summed E-state index contributed by atoms with van der Waals surface area (Å²) >= 11 is 0. The first-order valence-electron chi connectivity index (χ1n) is 11.2. The molecule has 1 aromatic carbocycles. The molecule has 32 heavy (non-hydrogen) atoms. The Hall–Kier alpha value is -2.81. The Balaban J connectivity index is 1.42. The lowest BCUT2D eigenvalue weighted by molar-refractivity contribution is -0.136. The molecular weight excluding hydrogens is 415 g/mol. The van der Waals surface area contributed by atoms with Crippen molar-refractivity contribution >= 4 is 29.3 Å². The van der Waals surface area contributed by atoms with Crippen LogP contribution < -0.4 is 10.6 Å². The summed E-state index contributed by atoms with van der Waals surface area (Å²) in [6.45, 7) is 1.68. The minimum absolute atomic E-state index is 0.0434. The van der Waals surface area contributed by atoms with Gasteiger partial charge in [-0.1, -0.05) is 0 Å². The number of piperidine rings is 1. The zero-order valence-corrected chi connectivity index (χ0v) is 18.4. The number of fused-ring (bicyclic) bond motifs is 1. The molecular formula is C23H29FN4O4. The standard InChI is InChI=1S/C23H29FN4O4/c1-27(2)12-14-5-3-13(4-6-14)11-25-18-10-16-15(9-17(18)24)22(31)28(23(16)32)19-7-8-20(29)26-21(19)30/h9-10,13-14,19,25H,3-8,11-12H2,1-2H3,(H,26,29,30). The second-order valence-electron chi connectivity index (χ2n) is 9.35. The average Bonchev–Trinajstić information content (AvgIpc) is 2.97. The molecule has 1 saturated carbocycles. The number of nitrogens with one attached hydrogen (secondary N) is 2. The van der Waals surface area contributed by atoms with Gasteiger partial charge in [-0.2, -0.15) is 0 Å². The quantitative estimate of drug-likeness (QED) is 0.652. The van der Waals surface area contributed by atoms with Crippen molar-refractivity contribution in [1.82, 2.24) is 15.1 Å². The molecule has 1 atom stereocenters. The molecule has 4 amide bonds. The molecule has 1 saturated heterocycles. The molecule has 2 heterocycles. The van der Waals surface area contributed by atoms with E-state index in [1.54, 1.807) is 0 Å². The van der Waals surface area contributed by atoms with E-state index in [9.17, 15) is 23.6 Å². The Morgan fingerprint density at radius 3 is 2.25 bits per heavy atom. The Labute approximate surface area is 186 Å². The summed E-state index contributed by atoms with van der Waals surface area (Å²) in [5.74, 6) is -1.93. The maximum absolute atomic E-state index is 14.7. The molecule has 3 aliphatic rings. The van der Waals surface area contributed by atoms with Gasteiger partial charge >= 0.3 is 0 Å². The van der Waals surface area contributed by atoms with Gasteiger partial charge in [0.25, 0.3) is 11.8 Å². The van der Waals surface area contributed by atoms with Gasteiger partial charge in [0.2, 0.25) is 11.8 Å². The summed E-state index contributed by atoms with van der Waals surface area (Å²) in [5.41, 5.74) is 0.218. The molecule has 172 valence electrons. The molecule has 0 radical (unpaired) electrons. The molecule has 9 heteroatoms. The first-order chi connectivity index (χ1) is 15.2. The molecule has 2 aliphatic heterocycles. The van der Waals surface area contributed by atoms with Gasteiger partial charge in [0.05, 0.1) is 16.8 Å². The van der Waals surface area contributed by atoms with E-state index in [2.05, 4.69) is 29.6 Å². The van der Waals surface area contributed by atoms with Crippen molar-refractivity contribution in [2.24, 2.45) is 11.8 Å². The van der Waals surface area contributed by atoms with E-state index in [1.807, 2.05) is 0 Å². The van der Waals surface area contributed by atoms with Crippen LogP contribution in [0.5, 0.6) is 0 Å². The maximum Gasteiger partial charge on any atom is 0.262 e. The minimum Gasteiger partial charge on any atom is -0.382 e. The fourth-order valence-electron chi connectivity index (χ4n) is 5.01.